The summed E-state index contributed by atoms with van der Waals surface area (Å²) in [5.74, 6) is 1.78. The molecule has 0 aliphatic rings. The van der Waals surface area contributed by atoms with Crippen molar-refractivity contribution in [1.29, 1.82) is 0 Å². The summed E-state index contributed by atoms with van der Waals surface area (Å²) in [4.78, 5) is 0. The second kappa shape index (κ2) is 8.25. The van der Waals surface area contributed by atoms with E-state index in [0.29, 0.717) is 12.2 Å². The van der Waals surface area contributed by atoms with Crippen LogP contribution in [0.4, 0.5) is 0 Å². The van der Waals surface area contributed by atoms with E-state index in [9.17, 15) is 5.11 Å². The molecule has 0 radical (unpaired) electrons. The molecule has 0 bridgehead atoms. The normalized spacial score (nSPS) is 10.7. The molecule has 0 saturated heterocycles. The fourth-order valence-corrected chi connectivity index (χ4v) is 2.35. The van der Waals surface area contributed by atoms with Crippen molar-refractivity contribution in [2.45, 2.75) is 20.3 Å². The third-order valence-corrected chi connectivity index (χ3v) is 3.73. The van der Waals surface area contributed by atoms with Crippen LogP contribution in [0.25, 0.3) is 12.2 Å². The minimum Gasteiger partial charge on any atom is -0.507 e. The molecule has 2 aromatic carbocycles. The second-order valence-corrected chi connectivity index (χ2v) is 5.81. The molecule has 24 heavy (non-hydrogen) atoms. The van der Waals surface area contributed by atoms with Gasteiger partial charge >= 0.3 is 0 Å². The van der Waals surface area contributed by atoms with E-state index >= 15 is 0 Å². The largest absolute Gasteiger partial charge is 0.507 e. The fraction of sp³-hybridized carbons (Fsp3) is 0.238. The molecular formula is C21H24O3. The van der Waals surface area contributed by atoms with E-state index in [1.54, 1.807) is 20.3 Å². The van der Waals surface area contributed by atoms with E-state index in [1.165, 1.54) is 5.57 Å². The first kappa shape index (κ1) is 17.7. The number of methoxy groups -OCH3 is 2. The lowest BCUT2D eigenvalue weighted by Crippen LogP contribution is -1.93. The van der Waals surface area contributed by atoms with Crippen molar-refractivity contribution < 1.29 is 14.6 Å². The number of ether oxygens (including phenoxy) is 2. The topological polar surface area (TPSA) is 38.7 Å². The Morgan fingerprint density at radius 3 is 2.21 bits per heavy atom. The summed E-state index contributed by atoms with van der Waals surface area (Å²) in [5, 5.41) is 10.3. The van der Waals surface area contributed by atoms with E-state index in [2.05, 4.69) is 6.08 Å². The van der Waals surface area contributed by atoms with Crippen LogP contribution in [0.1, 0.15) is 30.5 Å². The maximum absolute atomic E-state index is 10.3. The second-order valence-electron chi connectivity index (χ2n) is 5.81. The first-order chi connectivity index (χ1) is 11.5. The first-order valence-corrected chi connectivity index (χ1v) is 7.89. The van der Waals surface area contributed by atoms with Gasteiger partial charge in [-0.2, -0.15) is 0 Å². The number of phenolic OH excluding ortho intramolecular Hbond substituents is 1. The molecule has 1 N–H and O–H groups in total. The Labute approximate surface area is 143 Å². The molecule has 0 aliphatic heterocycles. The van der Waals surface area contributed by atoms with Crippen LogP contribution in [0.2, 0.25) is 0 Å². The first-order valence-electron chi connectivity index (χ1n) is 7.89. The maximum atomic E-state index is 10.3. The van der Waals surface area contributed by atoms with Gasteiger partial charge in [-0.3, -0.25) is 0 Å². The lowest BCUT2D eigenvalue weighted by atomic mass is 10.0. The Morgan fingerprint density at radius 1 is 0.958 bits per heavy atom. The molecule has 2 rings (SSSR count). The predicted octanol–water partition coefficient (Wildman–Crippen LogP) is 5.09. The van der Waals surface area contributed by atoms with Crippen LogP contribution in [0, 0.1) is 0 Å². The molecule has 2 aromatic rings. The van der Waals surface area contributed by atoms with Crippen LogP contribution in [0.15, 0.2) is 48.0 Å². The van der Waals surface area contributed by atoms with E-state index in [0.717, 1.165) is 22.4 Å². The Hall–Kier alpha value is -2.68. The van der Waals surface area contributed by atoms with E-state index < -0.39 is 0 Å². The fourth-order valence-electron chi connectivity index (χ4n) is 2.35. The van der Waals surface area contributed by atoms with Gasteiger partial charge in [0.2, 0.25) is 0 Å². The number of allylic oxidation sites excluding steroid dienone is 2. The summed E-state index contributed by atoms with van der Waals surface area (Å²) < 4.78 is 10.6. The average Bonchev–Trinajstić information content (AvgIpc) is 2.58. The Kier molecular flexibility index (Phi) is 6.07. The van der Waals surface area contributed by atoms with E-state index in [1.807, 2.05) is 56.3 Å². The zero-order chi connectivity index (χ0) is 17.5. The Bertz CT molecular complexity index is 736. The number of hydrogen-bond acceptors (Lipinski definition) is 3. The highest BCUT2D eigenvalue weighted by Crippen LogP contribution is 2.31. The lowest BCUT2D eigenvalue weighted by molar-refractivity contribution is 0.401. The van der Waals surface area contributed by atoms with Crippen LogP contribution in [0.5, 0.6) is 17.2 Å². The highest BCUT2D eigenvalue weighted by atomic mass is 16.5. The van der Waals surface area contributed by atoms with E-state index in [-0.39, 0.29) is 5.75 Å². The van der Waals surface area contributed by atoms with Gasteiger partial charge in [0, 0.05) is 5.56 Å². The number of rotatable bonds is 6. The number of phenols is 1. The number of hydrogen-bond donors (Lipinski definition) is 1. The van der Waals surface area contributed by atoms with Crippen molar-refractivity contribution in [2.24, 2.45) is 0 Å². The molecule has 126 valence electrons. The van der Waals surface area contributed by atoms with Crippen molar-refractivity contribution in [3.8, 4) is 17.2 Å². The molecule has 3 heteroatoms. The molecule has 0 fully saturated rings. The van der Waals surface area contributed by atoms with Gasteiger partial charge in [0.15, 0.2) is 0 Å². The van der Waals surface area contributed by atoms with E-state index in [4.69, 9.17) is 9.47 Å². The number of benzene rings is 2. The molecule has 0 heterocycles. The zero-order valence-electron chi connectivity index (χ0n) is 14.7. The molecule has 3 nitrogen and oxygen atoms in total. The van der Waals surface area contributed by atoms with Crippen LogP contribution in [-0.4, -0.2) is 19.3 Å². The van der Waals surface area contributed by atoms with Crippen LogP contribution in [0.3, 0.4) is 0 Å². The van der Waals surface area contributed by atoms with Crippen molar-refractivity contribution >= 4 is 12.2 Å². The van der Waals surface area contributed by atoms with Crippen molar-refractivity contribution in [3.05, 3.63) is 64.7 Å². The van der Waals surface area contributed by atoms with Gasteiger partial charge in [0.05, 0.1) is 14.2 Å². The lowest BCUT2D eigenvalue weighted by Gasteiger charge is -2.11. The quantitative estimate of drug-likeness (QED) is 0.594. The molecule has 0 aromatic heterocycles. The minimum atomic E-state index is 0.251. The highest BCUT2D eigenvalue weighted by molar-refractivity contribution is 5.72. The average molecular weight is 324 g/mol. The summed E-state index contributed by atoms with van der Waals surface area (Å²) in [5.41, 5.74) is 3.96. The van der Waals surface area contributed by atoms with Crippen molar-refractivity contribution in [3.63, 3.8) is 0 Å². The SMILES string of the molecule is COc1ccc(C=Cc2cc(O)c(CC=C(C)C)c(OC)c2)cc1. The van der Waals surface area contributed by atoms with Crippen molar-refractivity contribution in [2.75, 3.05) is 14.2 Å². The highest BCUT2D eigenvalue weighted by Gasteiger charge is 2.09. The van der Waals surface area contributed by atoms with Crippen LogP contribution in [-0.2, 0) is 6.42 Å². The number of aromatic hydroxyl groups is 1. The Balaban J connectivity index is 2.25. The van der Waals surface area contributed by atoms with Crippen LogP contribution < -0.4 is 9.47 Å². The predicted molar refractivity (Wildman–Crippen MR) is 99.7 cm³/mol. The van der Waals surface area contributed by atoms with Gasteiger partial charge in [-0.15, -0.1) is 0 Å². The molecule has 0 atom stereocenters. The molecule has 0 spiro atoms. The molecule has 0 amide bonds. The minimum absolute atomic E-state index is 0.251. The summed E-state index contributed by atoms with van der Waals surface area (Å²) in [6.45, 7) is 4.07. The summed E-state index contributed by atoms with van der Waals surface area (Å²) in [6.07, 6.45) is 6.67. The molecule has 0 unspecified atom stereocenters. The van der Waals surface area contributed by atoms with Crippen molar-refractivity contribution in [1.82, 2.24) is 0 Å². The summed E-state index contributed by atoms with van der Waals surface area (Å²) in [7, 11) is 3.27. The standard InChI is InChI=1S/C21H24O3/c1-15(2)5-12-19-20(22)13-17(14-21(19)24-4)7-6-16-8-10-18(23-3)11-9-16/h5-11,13-14,22H,12H2,1-4H3. The Morgan fingerprint density at radius 2 is 1.62 bits per heavy atom. The van der Waals surface area contributed by atoms with Gasteiger partial charge in [-0.25, -0.2) is 0 Å². The van der Waals surface area contributed by atoms with Gasteiger partial charge < -0.3 is 14.6 Å². The van der Waals surface area contributed by atoms with Gasteiger partial charge in [0.25, 0.3) is 0 Å². The summed E-state index contributed by atoms with van der Waals surface area (Å²) >= 11 is 0. The maximum Gasteiger partial charge on any atom is 0.126 e. The zero-order valence-corrected chi connectivity index (χ0v) is 14.7. The third-order valence-electron chi connectivity index (χ3n) is 3.73. The van der Waals surface area contributed by atoms with Crippen LogP contribution >= 0.6 is 0 Å². The summed E-state index contributed by atoms with van der Waals surface area (Å²) in [6, 6.07) is 11.5. The molecule has 0 saturated carbocycles. The monoisotopic (exact) mass is 324 g/mol. The van der Waals surface area contributed by atoms with Gasteiger partial charge in [0.1, 0.15) is 17.2 Å². The van der Waals surface area contributed by atoms with Gasteiger partial charge in [-0.05, 0) is 55.7 Å². The smallest absolute Gasteiger partial charge is 0.126 e. The third kappa shape index (κ3) is 4.66. The molecule has 0 aliphatic carbocycles. The molecular weight excluding hydrogens is 300 g/mol. The van der Waals surface area contributed by atoms with Gasteiger partial charge in [-0.1, -0.05) is 35.9 Å².